The maximum absolute atomic E-state index is 12.3. The molecule has 3 N–H and O–H groups in total. The minimum absolute atomic E-state index is 0.189. The number of amides is 3. The van der Waals surface area contributed by atoms with E-state index in [1.807, 2.05) is 24.3 Å². The molecule has 1 atom stereocenters. The van der Waals surface area contributed by atoms with E-state index in [4.69, 9.17) is 4.74 Å². The van der Waals surface area contributed by atoms with Crippen molar-refractivity contribution in [3.05, 3.63) is 96.1 Å². The molecule has 3 amide bonds. The molecular formula is C25H25N3O4. The number of hydrogen-bond acceptors (Lipinski definition) is 4. The summed E-state index contributed by atoms with van der Waals surface area (Å²) >= 11 is 0. The van der Waals surface area contributed by atoms with Crippen LogP contribution in [0, 0.1) is 0 Å². The lowest BCUT2D eigenvalue weighted by Crippen LogP contribution is -2.34. The summed E-state index contributed by atoms with van der Waals surface area (Å²) in [5.41, 5.74) is 1.58. The summed E-state index contributed by atoms with van der Waals surface area (Å²) in [6.45, 7) is 2.28. The van der Waals surface area contributed by atoms with E-state index in [1.54, 1.807) is 67.6 Å². The quantitative estimate of drug-likeness (QED) is 0.453. The molecule has 0 radical (unpaired) electrons. The van der Waals surface area contributed by atoms with E-state index in [1.165, 1.54) is 0 Å². The smallest absolute Gasteiger partial charge is 0.265 e. The minimum Gasteiger partial charge on any atom is -0.481 e. The SMILES string of the molecule is CC(Oc1ccccc1)C(=O)Nc1ccc(C(=O)NCCNC(=O)c2ccccc2)cc1. The molecule has 164 valence electrons. The third-order valence-electron chi connectivity index (χ3n) is 4.57. The van der Waals surface area contributed by atoms with E-state index >= 15 is 0 Å². The second-order valence-corrected chi connectivity index (χ2v) is 7.02. The molecule has 0 aliphatic rings. The molecule has 0 aromatic heterocycles. The third-order valence-corrected chi connectivity index (χ3v) is 4.57. The van der Waals surface area contributed by atoms with Gasteiger partial charge in [0, 0.05) is 29.9 Å². The van der Waals surface area contributed by atoms with Crippen LogP contribution in [0.1, 0.15) is 27.6 Å². The second kappa shape index (κ2) is 11.3. The fourth-order valence-electron chi connectivity index (χ4n) is 2.85. The maximum Gasteiger partial charge on any atom is 0.265 e. The molecule has 0 bridgehead atoms. The molecule has 0 heterocycles. The zero-order valence-electron chi connectivity index (χ0n) is 17.7. The lowest BCUT2D eigenvalue weighted by molar-refractivity contribution is -0.122. The van der Waals surface area contributed by atoms with Gasteiger partial charge in [-0.2, -0.15) is 0 Å². The topological polar surface area (TPSA) is 96.5 Å². The van der Waals surface area contributed by atoms with Crippen molar-refractivity contribution in [2.75, 3.05) is 18.4 Å². The number of nitrogens with one attached hydrogen (secondary N) is 3. The zero-order chi connectivity index (χ0) is 22.8. The maximum atomic E-state index is 12.3. The number of rotatable bonds is 9. The molecule has 32 heavy (non-hydrogen) atoms. The van der Waals surface area contributed by atoms with Gasteiger partial charge in [-0.15, -0.1) is 0 Å². The monoisotopic (exact) mass is 431 g/mol. The Kier molecular flexibility index (Phi) is 7.97. The predicted octanol–water partition coefficient (Wildman–Crippen LogP) is 3.25. The van der Waals surface area contributed by atoms with Crippen molar-refractivity contribution in [3.8, 4) is 5.75 Å². The Morgan fingerprint density at radius 3 is 1.78 bits per heavy atom. The van der Waals surface area contributed by atoms with Gasteiger partial charge < -0.3 is 20.7 Å². The molecule has 3 aromatic carbocycles. The normalized spacial score (nSPS) is 11.2. The van der Waals surface area contributed by atoms with Gasteiger partial charge in [0.05, 0.1) is 0 Å². The Balaban J connectivity index is 1.41. The highest BCUT2D eigenvalue weighted by Crippen LogP contribution is 2.13. The minimum atomic E-state index is -0.675. The Labute approximate surface area is 186 Å². The first kappa shape index (κ1) is 22.6. The van der Waals surface area contributed by atoms with Gasteiger partial charge >= 0.3 is 0 Å². The molecule has 0 aliphatic carbocycles. The van der Waals surface area contributed by atoms with Gasteiger partial charge in [0.1, 0.15) is 5.75 Å². The van der Waals surface area contributed by atoms with Gasteiger partial charge in [-0.05, 0) is 55.5 Å². The summed E-state index contributed by atoms with van der Waals surface area (Å²) in [4.78, 5) is 36.6. The van der Waals surface area contributed by atoms with Crippen LogP contribution in [0.5, 0.6) is 5.75 Å². The fraction of sp³-hybridized carbons (Fsp3) is 0.160. The highest BCUT2D eigenvalue weighted by molar-refractivity contribution is 5.97. The van der Waals surface area contributed by atoms with E-state index in [0.717, 1.165) is 0 Å². The van der Waals surface area contributed by atoms with Crippen molar-refractivity contribution in [2.45, 2.75) is 13.0 Å². The number of carbonyl (C=O) groups is 3. The predicted molar refractivity (Wildman–Crippen MR) is 123 cm³/mol. The molecule has 3 rings (SSSR count). The van der Waals surface area contributed by atoms with Crippen molar-refractivity contribution in [2.24, 2.45) is 0 Å². The van der Waals surface area contributed by atoms with Gasteiger partial charge in [0.25, 0.3) is 17.7 Å². The lowest BCUT2D eigenvalue weighted by Gasteiger charge is -2.15. The molecular weight excluding hydrogens is 406 g/mol. The number of benzene rings is 3. The zero-order valence-corrected chi connectivity index (χ0v) is 17.7. The van der Waals surface area contributed by atoms with Crippen LogP contribution in [0.15, 0.2) is 84.9 Å². The van der Waals surface area contributed by atoms with Gasteiger partial charge in [-0.3, -0.25) is 14.4 Å². The van der Waals surface area contributed by atoms with Crippen molar-refractivity contribution in [1.29, 1.82) is 0 Å². The van der Waals surface area contributed by atoms with Crippen LogP contribution < -0.4 is 20.7 Å². The fourth-order valence-corrected chi connectivity index (χ4v) is 2.85. The van der Waals surface area contributed by atoms with Crippen molar-refractivity contribution >= 4 is 23.4 Å². The Morgan fingerprint density at radius 2 is 1.22 bits per heavy atom. The molecule has 0 spiro atoms. The van der Waals surface area contributed by atoms with Crippen molar-refractivity contribution in [1.82, 2.24) is 10.6 Å². The largest absolute Gasteiger partial charge is 0.481 e. The molecule has 7 heteroatoms. The average molecular weight is 431 g/mol. The number of ether oxygens (including phenoxy) is 1. The summed E-state index contributed by atoms with van der Waals surface area (Å²) < 4.78 is 5.60. The highest BCUT2D eigenvalue weighted by Gasteiger charge is 2.15. The summed E-state index contributed by atoms with van der Waals surface area (Å²) in [5.74, 6) is -0.134. The number of para-hydroxylation sites is 1. The summed E-state index contributed by atoms with van der Waals surface area (Å²) in [6.07, 6.45) is -0.675. The van der Waals surface area contributed by atoms with Crippen LogP contribution in [0.2, 0.25) is 0 Å². The average Bonchev–Trinajstić information content (AvgIpc) is 2.83. The first-order valence-electron chi connectivity index (χ1n) is 10.3. The van der Waals surface area contributed by atoms with E-state index in [0.29, 0.717) is 35.7 Å². The van der Waals surface area contributed by atoms with E-state index < -0.39 is 6.10 Å². The highest BCUT2D eigenvalue weighted by atomic mass is 16.5. The number of hydrogen-bond donors (Lipinski definition) is 3. The lowest BCUT2D eigenvalue weighted by atomic mass is 10.2. The van der Waals surface area contributed by atoms with Crippen LogP contribution >= 0.6 is 0 Å². The van der Waals surface area contributed by atoms with Crippen molar-refractivity contribution < 1.29 is 19.1 Å². The van der Waals surface area contributed by atoms with E-state index in [9.17, 15) is 14.4 Å². The molecule has 7 nitrogen and oxygen atoms in total. The Morgan fingerprint density at radius 1 is 0.719 bits per heavy atom. The van der Waals surface area contributed by atoms with Crippen LogP contribution in [0.3, 0.4) is 0 Å². The molecule has 0 saturated heterocycles. The summed E-state index contributed by atoms with van der Waals surface area (Å²) in [7, 11) is 0. The van der Waals surface area contributed by atoms with Gasteiger partial charge in [-0.1, -0.05) is 36.4 Å². The Bertz CT molecular complexity index is 1040. The molecule has 0 fully saturated rings. The van der Waals surface area contributed by atoms with Crippen LogP contribution in [0.25, 0.3) is 0 Å². The standard InChI is InChI=1S/C25H25N3O4/c1-18(32-22-10-6-3-7-11-22)23(29)28-21-14-12-20(13-15-21)25(31)27-17-16-26-24(30)19-8-4-2-5-9-19/h2-15,18H,16-17H2,1H3,(H,26,30)(H,27,31)(H,28,29). The van der Waals surface area contributed by atoms with Gasteiger partial charge in [0.2, 0.25) is 0 Å². The van der Waals surface area contributed by atoms with Crippen molar-refractivity contribution in [3.63, 3.8) is 0 Å². The summed E-state index contributed by atoms with van der Waals surface area (Å²) in [6, 6.07) is 24.5. The van der Waals surface area contributed by atoms with Crippen LogP contribution in [-0.4, -0.2) is 36.9 Å². The molecule has 1 unspecified atom stereocenters. The van der Waals surface area contributed by atoms with Crippen LogP contribution in [0.4, 0.5) is 5.69 Å². The number of anilines is 1. The molecule has 0 saturated carbocycles. The third kappa shape index (κ3) is 6.70. The van der Waals surface area contributed by atoms with Crippen LogP contribution in [-0.2, 0) is 4.79 Å². The number of carbonyl (C=O) groups excluding carboxylic acids is 3. The van der Waals surface area contributed by atoms with E-state index in [2.05, 4.69) is 16.0 Å². The Hall–Kier alpha value is -4.13. The van der Waals surface area contributed by atoms with E-state index in [-0.39, 0.29) is 17.7 Å². The summed E-state index contributed by atoms with van der Waals surface area (Å²) in [5, 5.41) is 8.27. The first-order valence-corrected chi connectivity index (χ1v) is 10.3. The van der Waals surface area contributed by atoms with Gasteiger partial charge in [-0.25, -0.2) is 0 Å². The molecule has 0 aliphatic heterocycles. The first-order chi connectivity index (χ1) is 15.5. The second-order valence-electron chi connectivity index (χ2n) is 7.02. The van der Waals surface area contributed by atoms with Gasteiger partial charge in [0.15, 0.2) is 6.10 Å². The molecule has 3 aromatic rings.